The minimum absolute atomic E-state index is 0.0434. The van der Waals surface area contributed by atoms with Crippen molar-refractivity contribution in [3.05, 3.63) is 64.2 Å². The summed E-state index contributed by atoms with van der Waals surface area (Å²) in [6.07, 6.45) is 1.61. The van der Waals surface area contributed by atoms with E-state index in [9.17, 15) is 4.79 Å². The highest BCUT2D eigenvalue weighted by molar-refractivity contribution is 7.98. The second kappa shape index (κ2) is 10.2. The van der Waals surface area contributed by atoms with Crippen LogP contribution in [0, 0.1) is 5.92 Å². The third-order valence-electron chi connectivity index (χ3n) is 5.87. The summed E-state index contributed by atoms with van der Waals surface area (Å²) in [6.45, 7) is 5.63. The fraction of sp³-hybridized carbons (Fsp3) is 0.458. The molecule has 4 rings (SSSR count). The van der Waals surface area contributed by atoms with E-state index in [0.717, 1.165) is 48.8 Å². The largest absolute Gasteiger partial charge is 0.466 e. The number of ether oxygens (including phenoxy) is 2. The van der Waals surface area contributed by atoms with E-state index in [1.807, 2.05) is 30.8 Å². The Morgan fingerprint density at radius 1 is 1.17 bits per heavy atom. The smallest absolute Gasteiger partial charge is 0.309 e. The Hall–Kier alpha value is -1.53. The Balaban J connectivity index is 1.40. The molecule has 0 saturated carbocycles. The van der Waals surface area contributed by atoms with Crippen LogP contribution in [0.15, 0.2) is 47.4 Å². The Bertz CT molecular complexity index is 883. The molecule has 4 nitrogen and oxygen atoms in total. The van der Waals surface area contributed by atoms with Gasteiger partial charge in [-0.2, -0.15) is 0 Å². The lowest BCUT2D eigenvalue weighted by Gasteiger charge is -2.31. The van der Waals surface area contributed by atoms with E-state index >= 15 is 0 Å². The van der Waals surface area contributed by atoms with Gasteiger partial charge in [0.2, 0.25) is 0 Å². The Morgan fingerprint density at radius 3 is 2.77 bits per heavy atom. The van der Waals surface area contributed by atoms with E-state index in [4.69, 9.17) is 21.1 Å². The number of thioether (sulfide) groups is 1. The maximum Gasteiger partial charge on any atom is 0.309 e. The molecule has 160 valence electrons. The minimum Gasteiger partial charge on any atom is -0.466 e. The number of likely N-dealkylation sites (tertiary alicyclic amines) is 1. The standard InChI is InChI=1S/C24H28ClNO3S/c1-2-28-24(27)17-9-11-26(12-10-17)13-14-29-23-20-6-4-3-5-18(20)16-30-22-8-7-19(25)15-21(22)23/h3-8,15,17,23H,2,9-14,16H2,1H3. The summed E-state index contributed by atoms with van der Waals surface area (Å²) in [4.78, 5) is 15.6. The van der Waals surface area contributed by atoms with Gasteiger partial charge in [0, 0.05) is 27.8 Å². The van der Waals surface area contributed by atoms with E-state index in [0.29, 0.717) is 13.2 Å². The number of piperidine rings is 1. The van der Waals surface area contributed by atoms with Gasteiger partial charge in [-0.05, 0) is 62.2 Å². The summed E-state index contributed by atoms with van der Waals surface area (Å²) in [5.74, 6) is 0.933. The van der Waals surface area contributed by atoms with Crippen LogP contribution in [0.25, 0.3) is 0 Å². The van der Waals surface area contributed by atoms with Gasteiger partial charge in [-0.15, -0.1) is 11.8 Å². The van der Waals surface area contributed by atoms with Gasteiger partial charge in [0.15, 0.2) is 0 Å². The first-order valence-corrected chi connectivity index (χ1v) is 12.0. The van der Waals surface area contributed by atoms with Crippen LogP contribution < -0.4 is 0 Å². The van der Waals surface area contributed by atoms with Crippen LogP contribution in [0.4, 0.5) is 0 Å². The van der Waals surface area contributed by atoms with E-state index in [1.54, 1.807) is 0 Å². The molecule has 1 atom stereocenters. The van der Waals surface area contributed by atoms with Gasteiger partial charge in [-0.25, -0.2) is 0 Å². The highest BCUT2D eigenvalue weighted by atomic mass is 35.5. The summed E-state index contributed by atoms with van der Waals surface area (Å²) in [5.41, 5.74) is 3.69. The highest BCUT2D eigenvalue weighted by Gasteiger charge is 2.27. The molecule has 1 fully saturated rings. The molecule has 2 aliphatic heterocycles. The van der Waals surface area contributed by atoms with Crippen molar-refractivity contribution in [3.63, 3.8) is 0 Å². The predicted molar refractivity (Wildman–Crippen MR) is 121 cm³/mol. The Morgan fingerprint density at radius 2 is 1.97 bits per heavy atom. The summed E-state index contributed by atoms with van der Waals surface area (Å²) in [6, 6.07) is 14.6. The molecule has 0 aliphatic carbocycles. The first-order valence-electron chi connectivity index (χ1n) is 10.7. The van der Waals surface area contributed by atoms with Gasteiger partial charge in [-0.3, -0.25) is 4.79 Å². The van der Waals surface area contributed by atoms with Crippen molar-refractivity contribution in [2.75, 3.05) is 32.8 Å². The van der Waals surface area contributed by atoms with Crippen LogP contribution in [0.1, 0.15) is 42.6 Å². The van der Waals surface area contributed by atoms with Crippen molar-refractivity contribution >= 4 is 29.3 Å². The maximum absolute atomic E-state index is 11.9. The van der Waals surface area contributed by atoms with Gasteiger partial charge in [0.1, 0.15) is 6.10 Å². The van der Waals surface area contributed by atoms with Crippen LogP contribution in [-0.4, -0.2) is 43.7 Å². The molecule has 0 N–H and O–H groups in total. The lowest BCUT2D eigenvalue weighted by atomic mass is 9.97. The lowest BCUT2D eigenvalue weighted by Crippen LogP contribution is -2.38. The zero-order valence-corrected chi connectivity index (χ0v) is 18.9. The van der Waals surface area contributed by atoms with Crippen LogP contribution in [-0.2, 0) is 20.0 Å². The normalized spacial score (nSPS) is 19.6. The highest BCUT2D eigenvalue weighted by Crippen LogP contribution is 2.42. The topological polar surface area (TPSA) is 38.8 Å². The molecule has 1 saturated heterocycles. The van der Waals surface area contributed by atoms with E-state index in [2.05, 4.69) is 35.2 Å². The Kier molecular flexibility index (Phi) is 7.37. The first-order chi connectivity index (χ1) is 14.7. The van der Waals surface area contributed by atoms with Crippen molar-refractivity contribution in [2.45, 2.75) is 36.5 Å². The van der Waals surface area contributed by atoms with Crippen LogP contribution in [0.5, 0.6) is 0 Å². The average Bonchev–Trinajstić information content (AvgIpc) is 2.91. The number of halogens is 1. The SMILES string of the molecule is CCOC(=O)C1CCN(CCOC2c3ccccc3CSc3ccc(Cl)cc32)CC1. The molecular weight excluding hydrogens is 418 g/mol. The van der Waals surface area contributed by atoms with Crippen molar-refractivity contribution in [1.82, 2.24) is 4.90 Å². The zero-order valence-electron chi connectivity index (χ0n) is 17.3. The predicted octanol–water partition coefficient (Wildman–Crippen LogP) is 5.33. The zero-order chi connectivity index (χ0) is 20.9. The molecule has 1 unspecified atom stereocenters. The van der Waals surface area contributed by atoms with E-state index in [1.165, 1.54) is 16.0 Å². The van der Waals surface area contributed by atoms with Crippen molar-refractivity contribution in [2.24, 2.45) is 5.92 Å². The third kappa shape index (κ3) is 5.02. The molecule has 2 heterocycles. The van der Waals surface area contributed by atoms with Gasteiger partial charge >= 0.3 is 5.97 Å². The quantitative estimate of drug-likeness (QED) is 0.562. The molecule has 30 heavy (non-hydrogen) atoms. The number of rotatable bonds is 6. The number of hydrogen-bond donors (Lipinski definition) is 0. The fourth-order valence-corrected chi connectivity index (χ4v) is 5.48. The molecule has 6 heteroatoms. The molecule has 2 aromatic rings. The molecule has 2 aromatic carbocycles. The Labute approximate surface area is 187 Å². The monoisotopic (exact) mass is 445 g/mol. The number of fused-ring (bicyclic) bond motifs is 2. The van der Waals surface area contributed by atoms with Crippen LogP contribution in [0.3, 0.4) is 0 Å². The number of carbonyl (C=O) groups excluding carboxylic acids is 1. The van der Waals surface area contributed by atoms with Crippen molar-refractivity contribution in [1.29, 1.82) is 0 Å². The summed E-state index contributed by atoms with van der Waals surface area (Å²) >= 11 is 8.17. The van der Waals surface area contributed by atoms with E-state index in [-0.39, 0.29) is 18.0 Å². The molecule has 2 aliphatic rings. The first kappa shape index (κ1) is 21.7. The van der Waals surface area contributed by atoms with Gasteiger partial charge in [0.25, 0.3) is 0 Å². The molecule has 0 radical (unpaired) electrons. The van der Waals surface area contributed by atoms with Crippen molar-refractivity contribution in [3.8, 4) is 0 Å². The third-order valence-corrected chi connectivity index (χ3v) is 7.25. The van der Waals surface area contributed by atoms with Gasteiger partial charge in [0.05, 0.1) is 19.1 Å². The molecule has 0 bridgehead atoms. The average molecular weight is 446 g/mol. The number of esters is 1. The summed E-state index contributed by atoms with van der Waals surface area (Å²) < 4.78 is 11.7. The summed E-state index contributed by atoms with van der Waals surface area (Å²) in [7, 11) is 0. The molecule has 0 aromatic heterocycles. The van der Waals surface area contributed by atoms with Crippen LogP contribution in [0.2, 0.25) is 5.02 Å². The number of nitrogens with zero attached hydrogens (tertiary/aromatic N) is 1. The summed E-state index contributed by atoms with van der Waals surface area (Å²) in [5, 5.41) is 0.739. The molecular formula is C24H28ClNO3S. The lowest BCUT2D eigenvalue weighted by molar-refractivity contribution is -0.149. The van der Waals surface area contributed by atoms with Crippen LogP contribution >= 0.6 is 23.4 Å². The van der Waals surface area contributed by atoms with E-state index < -0.39 is 0 Å². The number of hydrogen-bond acceptors (Lipinski definition) is 5. The maximum atomic E-state index is 11.9. The van der Waals surface area contributed by atoms with Gasteiger partial charge in [-0.1, -0.05) is 35.9 Å². The molecule has 0 amide bonds. The van der Waals surface area contributed by atoms with Crippen molar-refractivity contribution < 1.29 is 14.3 Å². The van der Waals surface area contributed by atoms with Gasteiger partial charge < -0.3 is 14.4 Å². The number of benzene rings is 2. The number of carbonyl (C=O) groups is 1. The minimum atomic E-state index is -0.109. The second-order valence-corrected chi connectivity index (χ2v) is 9.24. The second-order valence-electron chi connectivity index (χ2n) is 7.79. The fourth-order valence-electron chi connectivity index (χ4n) is 4.23. The molecule has 0 spiro atoms.